The Morgan fingerprint density at radius 3 is 2.39 bits per heavy atom. The highest BCUT2D eigenvalue weighted by Crippen LogP contribution is 2.22. The number of methoxy groups -OCH3 is 2. The summed E-state index contributed by atoms with van der Waals surface area (Å²) in [6.45, 7) is 3.04. The molecule has 0 aliphatic heterocycles. The van der Waals surface area contributed by atoms with Gasteiger partial charge in [-0.2, -0.15) is 4.31 Å². The summed E-state index contributed by atoms with van der Waals surface area (Å²) in [5.41, 5.74) is 0.759. The molecule has 0 aliphatic carbocycles. The lowest BCUT2D eigenvalue weighted by Crippen LogP contribution is -2.32. The second-order valence-electron chi connectivity index (χ2n) is 7.12. The first-order chi connectivity index (χ1) is 15.8. The average molecular weight is 499 g/mol. The summed E-state index contributed by atoms with van der Waals surface area (Å²) in [7, 11) is -0.690. The van der Waals surface area contributed by atoms with Gasteiger partial charge in [0.2, 0.25) is 15.9 Å². The minimum Gasteiger partial charge on any atom is -0.385 e. The Balaban J connectivity index is 2.15. The van der Waals surface area contributed by atoms with Gasteiger partial charge in [-0.25, -0.2) is 13.4 Å². The number of hydrogen-bond acceptors (Lipinski definition) is 8. The minimum absolute atomic E-state index is 0.0289. The van der Waals surface area contributed by atoms with Crippen molar-refractivity contribution < 1.29 is 27.5 Å². The van der Waals surface area contributed by atoms with E-state index in [0.29, 0.717) is 43.3 Å². The van der Waals surface area contributed by atoms with Crippen LogP contribution < -0.4 is 10.6 Å². The maximum absolute atomic E-state index is 13.3. The normalized spacial score (nSPS) is 11.5. The van der Waals surface area contributed by atoms with Crippen molar-refractivity contribution in [3.05, 3.63) is 40.3 Å². The number of carbonyl (C=O) groups excluding carboxylic acids is 2. The SMILES string of the molecule is COCCCNC(=O)c1csc(CN(CCCOC)S(=O)(=O)c2ccc(NC(C)=O)cc2)n1. The fourth-order valence-corrected chi connectivity index (χ4v) is 5.19. The number of rotatable bonds is 14. The molecule has 2 aromatic rings. The van der Waals surface area contributed by atoms with Crippen LogP contribution in [0.3, 0.4) is 0 Å². The first kappa shape index (κ1) is 26.9. The van der Waals surface area contributed by atoms with Gasteiger partial charge in [0, 0.05) is 58.5 Å². The lowest BCUT2D eigenvalue weighted by atomic mass is 10.3. The largest absolute Gasteiger partial charge is 0.385 e. The van der Waals surface area contributed by atoms with Gasteiger partial charge in [-0.1, -0.05) is 0 Å². The van der Waals surface area contributed by atoms with Crippen molar-refractivity contribution in [2.45, 2.75) is 31.2 Å². The van der Waals surface area contributed by atoms with Gasteiger partial charge in [0.05, 0.1) is 11.4 Å². The van der Waals surface area contributed by atoms with Crippen molar-refractivity contribution in [3.8, 4) is 0 Å². The fourth-order valence-electron chi connectivity index (χ4n) is 2.88. The molecule has 0 unspecified atom stereocenters. The molecule has 2 N–H and O–H groups in total. The molecule has 2 amide bonds. The van der Waals surface area contributed by atoms with E-state index in [-0.39, 0.29) is 35.5 Å². The third kappa shape index (κ3) is 8.48. The van der Waals surface area contributed by atoms with E-state index in [2.05, 4.69) is 15.6 Å². The number of sulfonamides is 1. The van der Waals surface area contributed by atoms with E-state index in [9.17, 15) is 18.0 Å². The lowest BCUT2D eigenvalue weighted by Gasteiger charge is -2.21. The van der Waals surface area contributed by atoms with Gasteiger partial charge in [-0.15, -0.1) is 11.3 Å². The number of benzene rings is 1. The van der Waals surface area contributed by atoms with Crippen molar-refractivity contribution in [2.24, 2.45) is 0 Å². The lowest BCUT2D eigenvalue weighted by molar-refractivity contribution is -0.114. The highest BCUT2D eigenvalue weighted by molar-refractivity contribution is 7.89. The molecule has 0 atom stereocenters. The quantitative estimate of drug-likeness (QED) is 0.382. The van der Waals surface area contributed by atoms with Gasteiger partial charge in [-0.05, 0) is 37.1 Å². The Hall–Kier alpha value is -2.38. The van der Waals surface area contributed by atoms with E-state index >= 15 is 0 Å². The molecule has 10 nitrogen and oxygen atoms in total. The number of carbonyl (C=O) groups is 2. The van der Waals surface area contributed by atoms with Crippen LogP contribution in [0.2, 0.25) is 0 Å². The van der Waals surface area contributed by atoms with Crippen LogP contribution in [-0.4, -0.2) is 70.0 Å². The van der Waals surface area contributed by atoms with Crippen molar-refractivity contribution in [2.75, 3.05) is 45.8 Å². The Kier molecular flexibility index (Phi) is 10.9. The Morgan fingerprint density at radius 1 is 1.09 bits per heavy atom. The van der Waals surface area contributed by atoms with Crippen LogP contribution in [0.1, 0.15) is 35.3 Å². The molecule has 0 saturated heterocycles. The molecular weight excluding hydrogens is 468 g/mol. The monoisotopic (exact) mass is 498 g/mol. The zero-order chi connectivity index (χ0) is 24.3. The minimum atomic E-state index is -3.84. The third-order valence-electron chi connectivity index (χ3n) is 4.48. The highest BCUT2D eigenvalue weighted by Gasteiger charge is 2.26. The number of nitrogens with zero attached hydrogens (tertiary/aromatic N) is 2. The Bertz CT molecular complexity index is 1010. The summed E-state index contributed by atoms with van der Waals surface area (Å²) in [5, 5.41) is 7.50. The fraction of sp³-hybridized carbons (Fsp3) is 0.476. The summed E-state index contributed by atoms with van der Waals surface area (Å²) in [6, 6.07) is 5.98. The zero-order valence-electron chi connectivity index (χ0n) is 19.0. The van der Waals surface area contributed by atoms with Crippen LogP contribution in [0, 0.1) is 0 Å². The summed E-state index contributed by atoms with van der Waals surface area (Å²) in [5.74, 6) is -0.551. The van der Waals surface area contributed by atoms with E-state index in [0.717, 1.165) is 0 Å². The van der Waals surface area contributed by atoms with Crippen LogP contribution in [0.4, 0.5) is 5.69 Å². The molecule has 0 spiro atoms. The molecule has 0 fully saturated rings. The number of anilines is 1. The van der Waals surface area contributed by atoms with Gasteiger partial charge in [0.25, 0.3) is 5.91 Å². The van der Waals surface area contributed by atoms with Crippen molar-refractivity contribution >= 4 is 38.9 Å². The smallest absolute Gasteiger partial charge is 0.270 e. The number of amides is 2. The predicted octanol–water partition coefficient (Wildman–Crippen LogP) is 2.10. The van der Waals surface area contributed by atoms with E-state index in [4.69, 9.17) is 9.47 Å². The van der Waals surface area contributed by atoms with Crippen LogP contribution >= 0.6 is 11.3 Å². The molecule has 2 rings (SSSR count). The molecule has 1 aromatic carbocycles. The molecule has 12 heteroatoms. The van der Waals surface area contributed by atoms with E-state index < -0.39 is 10.0 Å². The van der Waals surface area contributed by atoms with Gasteiger partial charge in [0.15, 0.2) is 0 Å². The van der Waals surface area contributed by atoms with Gasteiger partial charge in [0.1, 0.15) is 10.7 Å². The molecule has 0 saturated carbocycles. The molecule has 0 radical (unpaired) electrons. The average Bonchev–Trinajstić information content (AvgIpc) is 3.25. The topological polar surface area (TPSA) is 127 Å². The summed E-state index contributed by atoms with van der Waals surface area (Å²) < 4.78 is 37.9. The number of hydrogen-bond donors (Lipinski definition) is 2. The first-order valence-electron chi connectivity index (χ1n) is 10.4. The second-order valence-corrected chi connectivity index (χ2v) is 10.00. The first-order valence-corrected chi connectivity index (χ1v) is 12.7. The van der Waals surface area contributed by atoms with Crippen molar-refractivity contribution in [3.63, 3.8) is 0 Å². The maximum atomic E-state index is 13.3. The van der Waals surface area contributed by atoms with E-state index in [1.54, 1.807) is 19.6 Å². The molecule has 182 valence electrons. The van der Waals surface area contributed by atoms with Crippen LogP contribution in [0.25, 0.3) is 0 Å². The zero-order valence-corrected chi connectivity index (χ0v) is 20.6. The van der Waals surface area contributed by atoms with Gasteiger partial charge >= 0.3 is 0 Å². The van der Waals surface area contributed by atoms with Crippen LogP contribution in [0.5, 0.6) is 0 Å². The highest BCUT2D eigenvalue weighted by atomic mass is 32.2. The predicted molar refractivity (Wildman–Crippen MR) is 126 cm³/mol. The number of ether oxygens (including phenoxy) is 2. The summed E-state index contributed by atoms with van der Waals surface area (Å²) >= 11 is 1.23. The standard InChI is InChI=1S/C21H30N4O6S2/c1-16(26)23-17-6-8-18(9-7-17)33(28,29)25(11-5-13-31-3)14-20-24-19(15-32-20)21(27)22-10-4-12-30-2/h6-9,15H,4-5,10-14H2,1-3H3,(H,22,27)(H,23,26). The molecule has 0 bridgehead atoms. The molecule has 0 aliphatic rings. The Labute approximate surface area is 198 Å². The van der Waals surface area contributed by atoms with Crippen molar-refractivity contribution in [1.82, 2.24) is 14.6 Å². The molecular formula is C21H30N4O6S2. The second kappa shape index (κ2) is 13.4. The van der Waals surface area contributed by atoms with E-state index in [1.165, 1.54) is 46.8 Å². The van der Waals surface area contributed by atoms with Gasteiger partial charge < -0.3 is 20.1 Å². The molecule has 1 heterocycles. The maximum Gasteiger partial charge on any atom is 0.270 e. The van der Waals surface area contributed by atoms with Crippen molar-refractivity contribution in [1.29, 1.82) is 0 Å². The number of nitrogens with one attached hydrogen (secondary N) is 2. The number of aromatic nitrogens is 1. The summed E-state index contributed by atoms with van der Waals surface area (Å²) in [6.07, 6.45) is 1.18. The molecule has 1 aromatic heterocycles. The van der Waals surface area contributed by atoms with Crippen LogP contribution in [0.15, 0.2) is 34.5 Å². The Morgan fingerprint density at radius 2 is 1.76 bits per heavy atom. The molecule has 33 heavy (non-hydrogen) atoms. The summed E-state index contributed by atoms with van der Waals surface area (Å²) in [4.78, 5) is 27.9. The third-order valence-corrected chi connectivity index (χ3v) is 7.17. The van der Waals surface area contributed by atoms with Gasteiger partial charge in [-0.3, -0.25) is 9.59 Å². The van der Waals surface area contributed by atoms with Crippen LogP contribution in [-0.2, 0) is 30.8 Å². The van der Waals surface area contributed by atoms with E-state index in [1.807, 2.05) is 0 Å². The number of thiazole rings is 1.